The summed E-state index contributed by atoms with van der Waals surface area (Å²) in [6, 6.07) is 8.55. The molecule has 4 nitrogen and oxygen atoms in total. The molecule has 0 radical (unpaired) electrons. The standard InChI is InChI=1S/C12H19BN2O2/c1-14(2)12-5-3-11(4-6-12)13-15(7-9-16-13)8-10-17-13/h3-6,15H,7-10H2,1-2H3. The summed E-state index contributed by atoms with van der Waals surface area (Å²) in [4.78, 5) is 3.56. The van der Waals surface area contributed by atoms with Gasteiger partial charge >= 0.3 is 6.69 Å². The minimum Gasteiger partial charge on any atom is -0.505 e. The molecule has 0 unspecified atom stereocenters. The lowest BCUT2D eigenvalue weighted by Crippen LogP contribution is -3.21. The second-order valence-corrected chi connectivity index (χ2v) is 5.10. The summed E-state index contributed by atoms with van der Waals surface area (Å²) in [7, 11) is 4.10. The van der Waals surface area contributed by atoms with Gasteiger partial charge in [0.2, 0.25) is 0 Å². The van der Waals surface area contributed by atoms with E-state index in [9.17, 15) is 0 Å². The van der Waals surface area contributed by atoms with Crippen LogP contribution in [0.3, 0.4) is 0 Å². The Morgan fingerprint density at radius 3 is 2.18 bits per heavy atom. The van der Waals surface area contributed by atoms with Crippen molar-refractivity contribution in [1.29, 1.82) is 0 Å². The van der Waals surface area contributed by atoms with Crippen molar-refractivity contribution in [3.8, 4) is 0 Å². The van der Waals surface area contributed by atoms with E-state index in [4.69, 9.17) is 9.31 Å². The van der Waals surface area contributed by atoms with Gasteiger partial charge in [-0.15, -0.1) is 0 Å². The number of hydrogen-bond donors (Lipinski definition) is 1. The molecule has 2 aliphatic rings. The zero-order chi connectivity index (χ0) is 11.9. The second-order valence-electron chi connectivity index (χ2n) is 5.10. The van der Waals surface area contributed by atoms with E-state index >= 15 is 0 Å². The van der Waals surface area contributed by atoms with Crippen molar-refractivity contribution in [3.63, 3.8) is 0 Å². The average Bonchev–Trinajstić information content (AvgIpc) is 2.88. The van der Waals surface area contributed by atoms with Gasteiger partial charge in [-0.2, -0.15) is 0 Å². The van der Waals surface area contributed by atoms with Crippen LogP contribution in [0, 0.1) is 0 Å². The molecule has 0 saturated carbocycles. The lowest BCUT2D eigenvalue weighted by atomic mass is 9.63. The molecule has 2 fully saturated rings. The maximum Gasteiger partial charge on any atom is 0.501 e. The molecule has 0 aromatic heterocycles. The van der Waals surface area contributed by atoms with Crippen LogP contribution in [-0.4, -0.2) is 47.1 Å². The van der Waals surface area contributed by atoms with E-state index < -0.39 is 6.69 Å². The zero-order valence-corrected chi connectivity index (χ0v) is 10.5. The summed E-state index contributed by atoms with van der Waals surface area (Å²) in [5, 5.41) is 0. The summed E-state index contributed by atoms with van der Waals surface area (Å²) in [5.74, 6) is 0. The van der Waals surface area contributed by atoms with Crippen molar-refractivity contribution in [3.05, 3.63) is 24.3 Å². The monoisotopic (exact) mass is 234 g/mol. The third-order valence-corrected chi connectivity index (χ3v) is 3.94. The summed E-state index contributed by atoms with van der Waals surface area (Å²) in [6.07, 6.45) is 0. The number of nitrogens with zero attached hydrogens (tertiary/aromatic N) is 1. The second kappa shape index (κ2) is 4.01. The van der Waals surface area contributed by atoms with Crippen molar-refractivity contribution in [2.45, 2.75) is 0 Å². The van der Waals surface area contributed by atoms with Crippen molar-refractivity contribution in [1.82, 2.24) is 0 Å². The van der Waals surface area contributed by atoms with Crippen molar-refractivity contribution in [2.75, 3.05) is 45.3 Å². The Balaban J connectivity index is 1.93. The molecular weight excluding hydrogens is 215 g/mol. The van der Waals surface area contributed by atoms with Crippen molar-refractivity contribution < 1.29 is 14.1 Å². The van der Waals surface area contributed by atoms with Gasteiger partial charge in [-0.1, -0.05) is 17.6 Å². The first-order chi connectivity index (χ1) is 8.22. The molecule has 5 heteroatoms. The van der Waals surface area contributed by atoms with Crippen LogP contribution in [0.1, 0.15) is 0 Å². The lowest BCUT2D eigenvalue weighted by molar-refractivity contribution is -0.781. The van der Waals surface area contributed by atoms with E-state index in [1.54, 1.807) is 0 Å². The zero-order valence-electron chi connectivity index (χ0n) is 10.5. The summed E-state index contributed by atoms with van der Waals surface area (Å²) in [6.45, 7) is 2.50. The predicted molar refractivity (Wildman–Crippen MR) is 68.8 cm³/mol. The molecular formula is C12H19BN2O2. The van der Waals surface area contributed by atoms with Crippen molar-refractivity contribution in [2.24, 2.45) is 0 Å². The van der Waals surface area contributed by atoms with E-state index in [0.29, 0.717) is 0 Å². The SMILES string of the molecule is CN(C)c1ccc([B-]23OCC[NH+]2CCO3)cc1. The van der Waals surface area contributed by atoms with Gasteiger partial charge < -0.3 is 19.0 Å². The van der Waals surface area contributed by atoms with Crippen LogP contribution >= 0.6 is 0 Å². The molecule has 2 heterocycles. The Kier molecular flexibility index (Phi) is 2.62. The number of rotatable bonds is 2. The molecule has 17 heavy (non-hydrogen) atoms. The molecule has 0 bridgehead atoms. The van der Waals surface area contributed by atoms with Gasteiger partial charge in [-0.3, -0.25) is 0 Å². The Labute approximate surface area is 102 Å². The predicted octanol–water partition coefficient (Wildman–Crippen LogP) is -1.16. The average molecular weight is 234 g/mol. The van der Waals surface area contributed by atoms with Gasteiger partial charge in [0.1, 0.15) is 0 Å². The fourth-order valence-corrected chi connectivity index (χ4v) is 2.95. The van der Waals surface area contributed by atoms with Crippen LogP contribution in [0.25, 0.3) is 0 Å². The van der Waals surface area contributed by atoms with Crippen LogP contribution < -0.4 is 15.2 Å². The van der Waals surface area contributed by atoms with E-state index in [0.717, 1.165) is 26.3 Å². The molecule has 1 aromatic rings. The molecule has 2 aliphatic heterocycles. The summed E-state index contributed by atoms with van der Waals surface area (Å²) in [5.41, 5.74) is 2.40. The molecule has 0 amide bonds. The Morgan fingerprint density at radius 2 is 1.65 bits per heavy atom. The van der Waals surface area contributed by atoms with Crippen LogP contribution in [0.4, 0.5) is 5.69 Å². The van der Waals surface area contributed by atoms with Crippen LogP contribution in [0.15, 0.2) is 24.3 Å². The number of anilines is 1. The lowest BCUT2D eigenvalue weighted by Gasteiger charge is -2.31. The highest BCUT2D eigenvalue weighted by Gasteiger charge is 2.50. The van der Waals surface area contributed by atoms with Crippen molar-refractivity contribution >= 4 is 17.8 Å². The first-order valence-corrected chi connectivity index (χ1v) is 6.27. The quantitative estimate of drug-likeness (QED) is 0.654. The largest absolute Gasteiger partial charge is 0.505 e. The molecule has 3 rings (SSSR count). The molecule has 1 aromatic carbocycles. The smallest absolute Gasteiger partial charge is 0.501 e. The highest BCUT2D eigenvalue weighted by molar-refractivity contribution is 6.74. The van der Waals surface area contributed by atoms with Gasteiger partial charge in [0.05, 0.1) is 26.3 Å². The molecule has 92 valence electrons. The van der Waals surface area contributed by atoms with Gasteiger partial charge in [0.15, 0.2) is 0 Å². The maximum atomic E-state index is 5.94. The number of nitrogens with one attached hydrogen (secondary N) is 1. The first-order valence-electron chi connectivity index (χ1n) is 6.27. The molecule has 0 aliphatic carbocycles. The van der Waals surface area contributed by atoms with E-state index in [1.165, 1.54) is 16.0 Å². The van der Waals surface area contributed by atoms with Crippen LogP contribution in [-0.2, 0) is 9.31 Å². The van der Waals surface area contributed by atoms with Gasteiger partial charge in [-0.05, 0) is 12.1 Å². The van der Waals surface area contributed by atoms with Gasteiger partial charge in [0, 0.05) is 19.8 Å². The number of quaternary nitrogens is 1. The maximum absolute atomic E-state index is 5.94. The third-order valence-electron chi connectivity index (χ3n) is 3.94. The Hall–Kier alpha value is -1.04. The number of benzene rings is 1. The first kappa shape index (κ1) is 11.1. The minimum atomic E-state index is -1.25. The third kappa shape index (κ3) is 1.66. The highest BCUT2D eigenvalue weighted by atomic mass is 16.6. The Morgan fingerprint density at radius 1 is 1.06 bits per heavy atom. The van der Waals surface area contributed by atoms with Gasteiger partial charge in [0.25, 0.3) is 0 Å². The van der Waals surface area contributed by atoms with Crippen LogP contribution in [0.2, 0.25) is 0 Å². The molecule has 2 saturated heterocycles. The topological polar surface area (TPSA) is 26.1 Å². The normalized spacial score (nSPS) is 31.5. The fraction of sp³-hybridized carbons (Fsp3) is 0.500. The van der Waals surface area contributed by atoms with Gasteiger partial charge in [-0.25, -0.2) is 0 Å². The molecule has 1 N–H and O–H groups in total. The Bertz CT molecular complexity index is 397. The van der Waals surface area contributed by atoms with E-state index in [-0.39, 0.29) is 0 Å². The van der Waals surface area contributed by atoms with E-state index in [1.807, 2.05) is 14.1 Å². The number of fused-ring (bicyclic) bond motifs is 1. The molecule has 0 atom stereocenters. The summed E-state index contributed by atoms with van der Waals surface area (Å²) < 4.78 is 11.9. The van der Waals surface area contributed by atoms with E-state index in [2.05, 4.69) is 29.2 Å². The highest BCUT2D eigenvalue weighted by Crippen LogP contribution is 2.13. The molecule has 0 spiro atoms. The summed E-state index contributed by atoms with van der Waals surface area (Å²) >= 11 is 0. The van der Waals surface area contributed by atoms with Crippen LogP contribution in [0.5, 0.6) is 0 Å². The minimum absolute atomic E-state index is 0.810. The fourth-order valence-electron chi connectivity index (χ4n) is 2.95. The number of hydrogen-bond acceptors (Lipinski definition) is 3.